The van der Waals surface area contributed by atoms with E-state index in [4.69, 9.17) is 19.9 Å². The normalized spacial score (nSPS) is 12.0. The molecule has 0 unspecified atom stereocenters. The molecule has 9 heteroatoms. The van der Waals surface area contributed by atoms with Crippen molar-refractivity contribution in [2.45, 2.75) is 12.4 Å². The molecule has 26 heavy (non-hydrogen) atoms. The molecule has 0 heterocycles. The number of alkyl halides is 3. The quantitative estimate of drug-likeness (QED) is 0.801. The van der Waals surface area contributed by atoms with E-state index >= 15 is 0 Å². The lowest BCUT2D eigenvalue weighted by atomic mass is 9.98. The number of nitrogens with two attached hydrogens (primary N) is 1. The molecule has 0 aliphatic heterocycles. The van der Waals surface area contributed by atoms with Gasteiger partial charge in [-0.3, -0.25) is 0 Å². The summed E-state index contributed by atoms with van der Waals surface area (Å²) in [5, 5.41) is 0. The number of hydrogen-bond acceptors (Lipinski definition) is 5. The number of rotatable bonds is 6. The third-order valence-corrected chi connectivity index (χ3v) is 3.52. The molecule has 2 rings (SSSR count). The molecular formula is C17H19ClF3NO4. The van der Waals surface area contributed by atoms with Crippen molar-refractivity contribution in [1.29, 1.82) is 0 Å². The predicted octanol–water partition coefficient (Wildman–Crippen LogP) is 4.08. The Morgan fingerprint density at radius 3 is 1.73 bits per heavy atom. The zero-order chi connectivity index (χ0) is 18.6. The summed E-state index contributed by atoms with van der Waals surface area (Å²) >= 11 is 0. The molecule has 0 spiro atoms. The SMILES string of the molecule is COc1cc([C@@H](N)c2ccc(OC(F)(F)F)cc2)cc(OC)c1OC.Cl. The topological polar surface area (TPSA) is 62.9 Å². The molecule has 0 bridgehead atoms. The van der Waals surface area contributed by atoms with Gasteiger partial charge in [0.15, 0.2) is 11.5 Å². The molecule has 0 radical (unpaired) electrons. The maximum atomic E-state index is 12.2. The summed E-state index contributed by atoms with van der Waals surface area (Å²) in [6.45, 7) is 0. The second kappa shape index (κ2) is 8.86. The first-order valence-electron chi connectivity index (χ1n) is 7.20. The van der Waals surface area contributed by atoms with Crippen molar-refractivity contribution in [3.8, 4) is 23.0 Å². The lowest BCUT2D eigenvalue weighted by Gasteiger charge is -2.18. The van der Waals surface area contributed by atoms with Gasteiger partial charge in [-0.2, -0.15) is 0 Å². The molecule has 0 saturated heterocycles. The van der Waals surface area contributed by atoms with E-state index in [0.29, 0.717) is 28.4 Å². The summed E-state index contributed by atoms with van der Waals surface area (Å²) in [5.74, 6) is 0.983. The van der Waals surface area contributed by atoms with Crippen LogP contribution in [0.15, 0.2) is 36.4 Å². The molecular weight excluding hydrogens is 375 g/mol. The Hall–Kier alpha value is -2.32. The fourth-order valence-corrected chi connectivity index (χ4v) is 2.35. The monoisotopic (exact) mass is 393 g/mol. The summed E-state index contributed by atoms with van der Waals surface area (Å²) in [7, 11) is 4.45. The third kappa shape index (κ3) is 5.09. The van der Waals surface area contributed by atoms with Crippen LogP contribution in [0.4, 0.5) is 13.2 Å². The zero-order valence-electron chi connectivity index (χ0n) is 14.3. The molecule has 0 aliphatic carbocycles. The number of methoxy groups -OCH3 is 3. The van der Waals surface area contributed by atoms with Crippen LogP contribution in [-0.4, -0.2) is 27.7 Å². The molecule has 0 saturated carbocycles. The molecule has 0 amide bonds. The Balaban J connectivity index is 0.00000338. The van der Waals surface area contributed by atoms with Crippen molar-refractivity contribution in [2.24, 2.45) is 5.73 Å². The highest BCUT2D eigenvalue weighted by molar-refractivity contribution is 5.85. The first kappa shape index (κ1) is 21.7. The third-order valence-electron chi connectivity index (χ3n) is 3.52. The van der Waals surface area contributed by atoms with Gasteiger partial charge >= 0.3 is 6.36 Å². The lowest BCUT2D eigenvalue weighted by Crippen LogP contribution is -2.17. The Morgan fingerprint density at radius 2 is 1.35 bits per heavy atom. The fourth-order valence-electron chi connectivity index (χ4n) is 2.35. The highest BCUT2D eigenvalue weighted by Gasteiger charge is 2.31. The minimum Gasteiger partial charge on any atom is -0.493 e. The summed E-state index contributed by atoms with van der Waals surface area (Å²) in [4.78, 5) is 0. The van der Waals surface area contributed by atoms with Gasteiger partial charge in [0, 0.05) is 0 Å². The van der Waals surface area contributed by atoms with Gasteiger partial charge in [0.05, 0.1) is 27.4 Å². The number of halogens is 4. The van der Waals surface area contributed by atoms with E-state index in [1.807, 2.05) is 0 Å². The predicted molar refractivity (Wildman–Crippen MR) is 92.5 cm³/mol. The maximum Gasteiger partial charge on any atom is 0.573 e. The van der Waals surface area contributed by atoms with E-state index in [0.717, 1.165) is 0 Å². The fraction of sp³-hybridized carbons (Fsp3) is 0.294. The van der Waals surface area contributed by atoms with Crippen LogP contribution in [-0.2, 0) is 0 Å². The minimum absolute atomic E-state index is 0. The van der Waals surface area contributed by atoms with Crippen LogP contribution in [0.25, 0.3) is 0 Å². The van der Waals surface area contributed by atoms with E-state index in [2.05, 4.69) is 4.74 Å². The smallest absolute Gasteiger partial charge is 0.493 e. The van der Waals surface area contributed by atoms with Crippen molar-refractivity contribution in [1.82, 2.24) is 0 Å². The van der Waals surface area contributed by atoms with Crippen molar-refractivity contribution in [2.75, 3.05) is 21.3 Å². The molecule has 0 aliphatic rings. The van der Waals surface area contributed by atoms with Gasteiger partial charge in [0.25, 0.3) is 0 Å². The van der Waals surface area contributed by atoms with Crippen molar-refractivity contribution in [3.05, 3.63) is 47.5 Å². The number of ether oxygens (including phenoxy) is 4. The molecule has 2 N–H and O–H groups in total. The highest BCUT2D eigenvalue weighted by Crippen LogP contribution is 2.40. The summed E-state index contributed by atoms with van der Waals surface area (Å²) in [6.07, 6.45) is -4.74. The summed E-state index contributed by atoms with van der Waals surface area (Å²) < 4.78 is 56.3. The largest absolute Gasteiger partial charge is 0.573 e. The van der Waals surface area contributed by atoms with E-state index < -0.39 is 12.4 Å². The van der Waals surface area contributed by atoms with Crippen molar-refractivity contribution in [3.63, 3.8) is 0 Å². The van der Waals surface area contributed by atoms with Crippen molar-refractivity contribution >= 4 is 12.4 Å². The van der Waals surface area contributed by atoms with Gasteiger partial charge in [-0.15, -0.1) is 25.6 Å². The van der Waals surface area contributed by atoms with Gasteiger partial charge in [-0.1, -0.05) is 12.1 Å². The molecule has 1 atom stereocenters. The summed E-state index contributed by atoms with van der Waals surface area (Å²) in [5.41, 5.74) is 7.47. The van der Waals surface area contributed by atoms with Crippen LogP contribution in [0.2, 0.25) is 0 Å². The van der Waals surface area contributed by atoms with Gasteiger partial charge in [-0.25, -0.2) is 0 Å². The number of benzene rings is 2. The molecule has 0 aromatic heterocycles. The van der Waals surface area contributed by atoms with Crippen LogP contribution in [0, 0.1) is 0 Å². The van der Waals surface area contributed by atoms with Gasteiger partial charge in [-0.05, 0) is 35.4 Å². The molecule has 144 valence electrons. The highest BCUT2D eigenvalue weighted by atomic mass is 35.5. The Kier molecular flexibility index (Phi) is 7.41. The molecule has 2 aromatic carbocycles. The first-order chi connectivity index (χ1) is 11.8. The maximum absolute atomic E-state index is 12.2. The van der Waals surface area contributed by atoms with Crippen LogP contribution in [0.3, 0.4) is 0 Å². The van der Waals surface area contributed by atoms with Crippen LogP contribution >= 0.6 is 12.4 Å². The van der Waals surface area contributed by atoms with E-state index in [-0.39, 0.29) is 18.2 Å². The van der Waals surface area contributed by atoms with Gasteiger partial charge < -0.3 is 24.7 Å². The molecule has 0 fully saturated rings. The molecule has 2 aromatic rings. The Morgan fingerprint density at radius 1 is 0.846 bits per heavy atom. The average Bonchev–Trinajstić information content (AvgIpc) is 2.59. The summed E-state index contributed by atoms with van der Waals surface area (Å²) in [6, 6.07) is 8.12. The average molecular weight is 394 g/mol. The van der Waals surface area contributed by atoms with Crippen LogP contribution in [0.1, 0.15) is 17.2 Å². The zero-order valence-corrected chi connectivity index (χ0v) is 15.1. The second-order valence-corrected chi connectivity index (χ2v) is 5.05. The molecule has 5 nitrogen and oxygen atoms in total. The first-order valence-corrected chi connectivity index (χ1v) is 7.20. The van der Waals surface area contributed by atoms with E-state index in [1.54, 1.807) is 12.1 Å². The standard InChI is InChI=1S/C17H18F3NO4.ClH/c1-22-13-8-11(9-14(23-2)16(13)24-3)15(21)10-4-6-12(7-5-10)25-17(18,19)20;/h4-9,15H,21H2,1-3H3;1H/t15-;/m0./s1. The van der Waals surface area contributed by atoms with Gasteiger partial charge in [0.1, 0.15) is 5.75 Å². The minimum atomic E-state index is -4.74. The Bertz CT molecular complexity index is 698. The lowest BCUT2D eigenvalue weighted by molar-refractivity contribution is -0.274. The second-order valence-electron chi connectivity index (χ2n) is 5.05. The van der Waals surface area contributed by atoms with Crippen LogP contribution in [0.5, 0.6) is 23.0 Å². The van der Waals surface area contributed by atoms with Gasteiger partial charge in [0.2, 0.25) is 5.75 Å². The number of hydrogen-bond donors (Lipinski definition) is 1. The van der Waals surface area contributed by atoms with Crippen molar-refractivity contribution < 1.29 is 32.1 Å². The van der Waals surface area contributed by atoms with Crippen LogP contribution < -0.4 is 24.7 Å². The Labute approximate surface area is 155 Å². The van der Waals surface area contributed by atoms with E-state index in [9.17, 15) is 13.2 Å². The van der Waals surface area contributed by atoms with E-state index in [1.165, 1.54) is 45.6 Å².